The number of benzene rings is 1. The van der Waals surface area contributed by atoms with Crippen molar-refractivity contribution in [3.05, 3.63) is 42.0 Å². The average Bonchev–Trinajstić information content (AvgIpc) is 3.06. The standard InChI is InChI=1S/C36H59NO10S/c1-5-7-9-13-16-26-48(43,44)27-17-14-11-10-12-15-18-31(36(42,35(40)41)23-25-45-3)33(38)37-32(34(39)46-4)28-29-19-21-30(22-20-29)47-24-8-6-2/h15,18-22,31-32,42H,5-14,16-17,23-28H2,1-4H3,(H,37,38)(H,40,41)/t31-,32+,36+/m1/s1. The number of nitrogens with one attached hydrogen (secondary N) is 1. The number of carboxylic acid groups (broad SMARTS) is 1. The van der Waals surface area contributed by atoms with Crippen molar-refractivity contribution < 1.29 is 47.2 Å². The number of hydrogen-bond donors (Lipinski definition) is 3. The molecule has 0 fully saturated rings. The summed E-state index contributed by atoms with van der Waals surface area (Å²) < 4.78 is 40.2. The number of carbonyl (C=O) groups excluding carboxylic acids is 2. The predicted octanol–water partition coefficient (Wildman–Crippen LogP) is 5.43. The molecule has 11 nitrogen and oxygen atoms in total. The van der Waals surface area contributed by atoms with Crippen LogP contribution in [0, 0.1) is 5.92 Å². The first-order valence-electron chi connectivity index (χ1n) is 17.4. The number of ether oxygens (including phenoxy) is 3. The Morgan fingerprint density at radius 1 is 0.875 bits per heavy atom. The van der Waals surface area contributed by atoms with Gasteiger partial charge in [-0.3, -0.25) is 4.79 Å². The molecule has 0 spiro atoms. The molecule has 0 saturated carbocycles. The van der Waals surface area contributed by atoms with Crippen molar-refractivity contribution in [2.45, 2.75) is 115 Å². The van der Waals surface area contributed by atoms with Gasteiger partial charge >= 0.3 is 11.9 Å². The van der Waals surface area contributed by atoms with E-state index in [1.165, 1.54) is 20.3 Å². The van der Waals surface area contributed by atoms with Crippen LogP contribution in [0.25, 0.3) is 0 Å². The quantitative estimate of drug-likeness (QED) is 0.0584. The fraction of sp³-hybridized carbons (Fsp3) is 0.694. The summed E-state index contributed by atoms with van der Waals surface area (Å²) in [5.41, 5.74) is -1.78. The van der Waals surface area contributed by atoms with Crippen LogP contribution in [0.15, 0.2) is 36.4 Å². The highest BCUT2D eigenvalue weighted by molar-refractivity contribution is 7.91. The lowest BCUT2D eigenvalue weighted by Crippen LogP contribution is -2.55. The maximum absolute atomic E-state index is 13.6. The molecule has 1 amide bonds. The van der Waals surface area contributed by atoms with E-state index in [0.717, 1.165) is 51.4 Å². The summed E-state index contributed by atoms with van der Waals surface area (Å²) in [6, 6.07) is 5.96. The monoisotopic (exact) mass is 697 g/mol. The van der Waals surface area contributed by atoms with Crippen LogP contribution in [0.2, 0.25) is 0 Å². The Morgan fingerprint density at radius 2 is 1.48 bits per heavy atom. The van der Waals surface area contributed by atoms with Gasteiger partial charge in [-0.1, -0.05) is 83.1 Å². The molecule has 0 aliphatic heterocycles. The number of carbonyl (C=O) groups is 3. The number of unbranched alkanes of at least 4 members (excludes halogenated alkanes) is 9. The number of sulfone groups is 1. The molecule has 0 radical (unpaired) electrons. The third-order valence-corrected chi connectivity index (χ3v) is 10.1. The SMILES string of the molecule is CCCCCCCS(=O)(=O)CCCCCCC=C[C@H](C(=O)N[C@@H](Cc1ccc(OCCCC)cc1)C(=O)OC)[C@@](O)(CCOC)C(=O)O. The van der Waals surface area contributed by atoms with Crippen LogP contribution in [0.1, 0.15) is 103 Å². The van der Waals surface area contributed by atoms with Crippen LogP contribution in [0.3, 0.4) is 0 Å². The van der Waals surface area contributed by atoms with E-state index in [1.54, 1.807) is 30.3 Å². The Labute approximate surface area is 287 Å². The predicted molar refractivity (Wildman–Crippen MR) is 187 cm³/mol. The summed E-state index contributed by atoms with van der Waals surface area (Å²) in [6.45, 7) is 4.66. The molecule has 1 aromatic rings. The largest absolute Gasteiger partial charge is 0.494 e. The highest BCUT2D eigenvalue weighted by Crippen LogP contribution is 2.26. The lowest BCUT2D eigenvalue weighted by atomic mass is 9.83. The summed E-state index contributed by atoms with van der Waals surface area (Å²) in [5.74, 6) is -3.61. The van der Waals surface area contributed by atoms with Gasteiger partial charge in [0.25, 0.3) is 0 Å². The zero-order valence-electron chi connectivity index (χ0n) is 29.4. The van der Waals surface area contributed by atoms with Crippen LogP contribution >= 0.6 is 0 Å². The minimum Gasteiger partial charge on any atom is -0.494 e. The van der Waals surface area contributed by atoms with Crippen molar-refractivity contribution in [2.24, 2.45) is 5.92 Å². The van der Waals surface area contributed by atoms with Crippen LogP contribution in [0.5, 0.6) is 5.75 Å². The molecule has 0 aliphatic rings. The van der Waals surface area contributed by atoms with Crippen molar-refractivity contribution in [1.82, 2.24) is 5.32 Å². The number of allylic oxidation sites excluding steroid dienone is 1. The minimum absolute atomic E-state index is 0.0717. The smallest absolute Gasteiger partial charge is 0.336 e. The Morgan fingerprint density at radius 3 is 2.04 bits per heavy atom. The van der Waals surface area contributed by atoms with E-state index >= 15 is 0 Å². The number of esters is 1. The van der Waals surface area contributed by atoms with E-state index in [0.29, 0.717) is 43.6 Å². The Hall–Kier alpha value is -2.96. The molecule has 0 heterocycles. The van der Waals surface area contributed by atoms with E-state index in [2.05, 4.69) is 19.2 Å². The summed E-state index contributed by atoms with van der Waals surface area (Å²) in [4.78, 5) is 38.6. The Balaban J connectivity index is 2.89. The Bertz CT molecular complexity index is 1200. The minimum atomic E-state index is -3.05. The highest BCUT2D eigenvalue weighted by atomic mass is 32.2. The molecule has 1 rings (SSSR count). The topological polar surface area (TPSA) is 166 Å². The first kappa shape index (κ1) is 43.1. The maximum Gasteiger partial charge on any atom is 0.336 e. The highest BCUT2D eigenvalue weighted by Gasteiger charge is 2.47. The molecule has 3 N–H and O–H groups in total. The van der Waals surface area contributed by atoms with E-state index in [-0.39, 0.29) is 31.0 Å². The van der Waals surface area contributed by atoms with Gasteiger partial charge < -0.3 is 29.7 Å². The number of aliphatic carboxylic acids is 1. The lowest BCUT2D eigenvalue weighted by Gasteiger charge is -2.30. The number of rotatable bonds is 28. The molecule has 3 atom stereocenters. The molecule has 0 bridgehead atoms. The number of amides is 1. The number of hydrogen-bond acceptors (Lipinski definition) is 9. The lowest BCUT2D eigenvalue weighted by molar-refractivity contribution is -0.169. The van der Waals surface area contributed by atoms with Gasteiger partial charge in [0.05, 0.1) is 31.1 Å². The molecule has 0 saturated heterocycles. The van der Waals surface area contributed by atoms with Gasteiger partial charge in [-0.25, -0.2) is 18.0 Å². The first-order valence-corrected chi connectivity index (χ1v) is 19.2. The number of aliphatic hydroxyl groups is 1. The molecule has 0 aliphatic carbocycles. The fourth-order valence-corrected chi connectivity index (χ4v) is 6.70. The van der Waals surface area contributed by atoms with Gasteiger partial charge in [0.2, 0.25) is 5.91 Å². The molecule has 0 aromatic heterocycles. The van der Waals surface area contributed by atoms with E-state index in [1.807, 2.05) is 0 Å². The second-order valence-corrected chi connectivity index (χ2v) is 14.6. The molecular formula is C36H59NO10S. The fourth-order valence-electron chi connectivity index (χ4n) is 5.20. The van der Waals surface area contributed by atoms with Crippen molar-refractivity contribution in [3.63, 3.8) is 0 Å². The maximum atomic E-state index is 13.6. The second-order valence-electron chi connectivity index (χ2n) is 12.3. The number of methoxy groups -OCH3 is 2. The third-order valence-electron chi connectivity index (χ3n) is 8.25. The normalized spacial score (nSPS) is 14.3. The summed E-state index contributed by atoms with van der Waals surface area (Å²) in [6.07, 6.45) is 12.8. The zero-order chi connectivity index (χ0) is 35.8. The van der Waals surface area contributed by atoms with Gasteiger partial charge in [0.15, 0.2) is 5.60 Å². The van der Waals surface area contributed by atoms with Gasteiger partial charge in [0, 0.05) is 26.6 Å². The van der Waals surface area contributed by atoms with Crippen LogP contribution in [0.4, 0.5) is 0 Å². The molecule has 0 unspecified atom stereocenters. The van der Waals surface area contributed by atoms with Crippen molar-refractivity contribution in [3.8, 4) is 5.75 Å². The van der Waals surface area contributed by atoms with Crippen LogP contribution in [-0.4, -0.2) is 87.1 Å². The summed E-state index contributed by atoms with van der Waals surface area (Å²) >= 11 is 0. The zero-order valence-corrected chi connectivity index (χ0v) is 30.2. The summed E-state index contributed by atoms with van der Waals surface area (Å²) in [7, 11) is -0.500. The van der Waals surface area contributed by atoms with E-state index in [9.17, 15) is 33.0 Å². The van der Waals surface area contributed by atoms with Crippen LogP contribution < -0.4 is 10.1 Å². The van der Waals surface area contributed by atoms with Crippen LogP contribution in [-0.2, 0) is 40.1 Å². The van der Waals surface area contributed by atoms with Crippen molar-refractivity contribution in [1.29, 1.82) is 0 Å². The first-order chi connectivity index (χ1) is 22.9. The van der Waals surface area contributed by atoms with Gasteiger partial charge in [-0.15, -0.1) is 0 Å². The van der Waals surface area contributed by atoms with Gasteiger partial charge in [0.1, 0.15) is 21.6 Å². The average molecular weight is 698 g/mol. The van der Waals surface area contributed by atoms with Gasteiger partial charge in [-0.05, 0) is 49.8 Å². The molecule has 274 valence electrons. The van der Waals surface area contributed by atoms with Crippen molar-refractivity contribution >= 4 is 27.7 Å². The molecular weight excluding hydrogens is 638 g/mol. The number of carboxylic acids is 1. The van der Waals surface area contributed by atoms with Gasteiger partial charge in [-0.2, -0.15) is 0 Å². The summed E-state index contributed by atoms with van der Waals surface area (Å²) in [5, 5.41) is 23.8. The third kappa shape index (κ3) is 16.9. The van der Waals surface area contributed by atoms with E-state index in [4.69, 9.17) is 14.2 Å². The Kier molecular flexibility index (Phi) is 21.7. The molecule has 12 heteroatoms. The van der Waals surface area contributed by atoms with Crippen molar-refractivity contribution in [2.75, 3.05) is 38.9 Å². The molecule has 48 heavy (non-hydrogen) atoms. The van der Waals surface area contributed by atoms with E-state index < -0.39 is 45.2 Å². The second kappa shape index (κ2) is 24.2. The molecule has 1 aromatic carbocycles.